The molecule has 0 saturated heterocycles. The summed E-state index contributed by atoms with van der Waals surface area (Å²) in [7, 11) is 1.99. The summed E-state index contributed by atoms with van der Waals surface area (Å²) < 4.78 is 0. The zero-order chi connectivity index (χ0) is 14.4. The standard InChI is InChI=1S/C16H19ClN2S/c1-3-12-4-6-13(7-5-12)15(18-2)11-20-16-9-8-14(17)10-19-16/h4-10,15,18H,3,11H2,1-2H3. The Morgan fingerprint density at radius 2 is 1.95 bits per heavy atom. The van der Waals surface area contributed by atoms with E-state index in [2.05, 4.69) is 41.5 Å². The Morgan fingerprint density at radius 1 is 1.20 bits per heavy atom. The van der Waals surface area contributed by atoms with Crippen LogP contribution in [-0.2, 0) is 6.42 Å². The minimum atomic E-state index is 0.323. The van der Waals surface area contributed by atoms with Gasteiger partial charge in [0.2, 0.25) is 0 Å². The molecule has 0 spiro atoms. The van der Waals surface area contributed by atoms with E-state index in [0.717, 1.165) is 17.2 Å². The van der Waals surface area contributed by atoms with Gasteiger partial charge in [0.25, 0.3) is 0 Å². The van der Waals surface area contributed by atoms with Crippen LogP contribution in [0.2, 0.25) is 5.02 Å². The average Bonchev–Trinajstić information content (AvgIpc) is 2.50. The molecule has 20 heavy (non-hydrogen) atoms. The Labute approximate surface area is 130 Å². The first-order chi connectivity index (χ1) is 9.72. The fourth-order valence-electron chi connectivity index (χ4n) is 1.95. The molecule has 2 rings (SSSR count). The van der Waals surface area contributed by atoms with Gasteiger partial charge in [0.15, 0.2) is 0 Å². The third kappa shape index (κ3) is 4.23. The molecule has 0 aliphatic heterocycles. The van der Waals surface area contributed by atoms with Gasteiger partial charge in [-0.05, 0) is 36.7 Å². The smallest absolute Gasteiger partial charge is 0.0961 e. The third-order valence-electron chi connectivity index (χ3n) is 3.24. The maximum atomic E-state index is 5.84. The Balaban J connectivity index is 1.99. The van der Waals surface area contributed by atoms with Crippen LogP contribution in [0.1, 0.15) is 24.1 Å². The monoisotopic (exact) mass is 306 g/mol. The van der Waals surface area contributed by atoms with Gasteiger partial charge in [0.1, 0.15) is 0 Å². The van der Waals surface area contributed by atoms with Crippen LogP contribution in [0.3, 0.4) is 0 Å². The summed E-state index contributed by atoms with van der Waals surface area (Å²) in [5, 5.41) is 5.04. The largest absolute Gasteiger partial charge is 0.312 e. The van der Waals surface area contributed by atoms with Crippen molar-refractivity contribution < 1.29 is 0 Å². The van der Waals surface area contributed by atoms with Crippen LogP contribution in [0.4, 0.5) is 0 Å². The van der Waals surface area contributed by atoms with E-state index in [4.69, 9.17) is 11.6 Å². The molecule has 1 N–H and O–H groups in total. The van der Waals surface area contributed by atoms with E-state index in [0.29, 0.717) is 11.1 Å². The Kier molecular flexibility index (Phi) is 5.89. The molecule has 1 aromatic heterocycles. The molecule has 1 heterocycles. The molecule has 0 aliphatic rings. The molecule has 2 nitrogen and oxygen atoms in total. The van der Waals surface area contributed by atoms with Crippen molar-refractivity contribution in [3.8, 4) is 0 Å². The highest BCUT2D eigenvalue weighted by molar-refractivity contribution is 7.99. The number of benzene rings is 1. The number of aromatic nitrogens is 1. The summed E-state index contributed by atoms with van der Waals surface area (Å²) in [6, 6.07) is 13.0. The van der Waals surface area contributed by atoms with E-state index in [1.807, 2.05) is 19.2 Å². The van der Waals surface area contributed by atoms with Crippen LogP contribution in [0.25, 0.3) is 0 Å². The van der Waals surface area contributed by atoms with Crippen molar-refractivity contribution >= 4 is 23.4 Å². The first-order valence-electron chi connectivity index (χ1n) is 6.73. The molecule has 1 unspecified atom stereocenters. The fraction of sp³-hybridized carbons (Fsp3) is 0.312. The predicted molar refractivity (Wildman–Crippen MR) is 87.6 cm³/mol. The molecule has 0 aliphatic carbocycles. The van der Waals surface area contributed by atoms with Crippen LogP contribution >= 0.6 is 23.4 Å². The first-order valence-corrected chi connectivity index (χ1v) is 8.09. The van der Waals surface area contributed by atoms with Gasteiger partial charge < -0.3 is 5.32 Å². The van der Waals surface area contributed by atoms with E-state index >= 15 is 0 Å². The number of hydrogen-bond donors (Lipinski definition) is 1. The molecule has 0 bridgehead atoms. The van der Waals surface area contributed by atoms with Crippen molar-refractivity contribution in [1.29, 1.82) is 0 Å². The molecule has 1 aromatic carbocycles. The van der Waals surface area contributed by atoms with Crippen molar-refractivity contribution in [1.82, 2.24) is 10.3 Å². The molecule has 2 aromatic rings. The van der Waals surface area contributed by atoms with Crippen LogP contribution in [0.5, 0.6) is 0 Å². The molecule has 0 saturated carbocycles. The Hall–Kier alpha value is -1.03. The van der Waals surface area contributed by atoms with Gasteiger partial charge >= 0.3 is 0 Å². The van der Waals surface area contributed by atoms with Gasteiger partial charge in [0.05, 0.1) is 10.0 Å². The lowest BCUT2D eigenvalue weighted by Gasteiger charge is -2.16. The van der Waals surface area contributed by atoms with Crippen LogP contribution in [0, 0.1) is 0 Å². The maximum Gasteiger partial charge on any atom is 0.0961 e. The summed E-state index contributed by atoms with van der Waals surface area (Å²) in [5.41, 5.74) is 2.68. The Bertz CT molecular complexity index is 525. The SMILES string of the molecule is CCc1ccc(C(CSc2ccc(Cl)cn2)NC)cc1. The highest BCUT2D eigenvalue weighted by Crippen LogP contribution is 2.24. The zero-order valence-electron chi connectivity index (χ0n) is 11.8. The van der Waals surface area contributed by atoms with Gasteiger partial charge in [0, 0.05) is 18.0 Å². The highest BCUT2D eigenvalue weighted by Gasteiger charge is 2.10. The predicted octanol–water partition coefficient (Wildman–Crippen LogP) is 4.35. The number of thioether (sulfide) groups is 1. The summed E-state index contributed by atoms with van der Waals surface area (Å²) in [5.74, 6) is 0.941. The van der Waals surface area contributed by atoms with Crippen LogP contribution in [0.15, 0.2) is 47.6 Å². The van der Waals surface area contributed by atoms with Gasteiger partial charge in [-0.25, -0.2) is 4.98 Å². The van der Waals surface area contributed by atoms with Crippen LogP contribution in [-0.4, -0.2) is 17.8 Å². The third-order valence-corrected chi connectivity index (χ3v) is 4.50. The van der Waals surface area contributed by atoms with Crippen molar-refractivity contribution in [2.24, 2.45) is 0 Å². The molecule has 0 amide bonds. The number of nitrogens with one attached hydrogen (secondary N) is 1. The summed E-state index contributed by atoms with van der Waals surface area (Å²) in [6.45, 7) is 2.17. The molecular formula is C16H19ClN2S. The van der Waals surface area contributed by atoms with E-state index in [1.54, 1.807) is 18.0 Å². The number of aryl methyl sites for hydroxylation is 1. The summed E-state index contributed by atoms with van der Waals surface area (Å²) in [6.07, 6.45) is 2.77. The second-order valence-electron chi connectivity index (χ2n) is 4.56. The van der Waals surface area contributed by atoms with E-state index in [-0.39, 0.29) is 0 Å². The number of halogens is 1. The first kappa shape index (κ1) is 15.4. The maximum absolute atomic E-state index is 5.84. The number of hydrogen-bond acceptors (Lipinski definition) is 3. The second-order valence-corrected chi connectivity index (χ2v) is 6.04. The van der Waals surface area contributed by atoms with Gasteiger partial charge in [-0.2, -0.15) is 0 Å². The molecule has 106 valence electrons. The number of rotatable bonds is 6. The van der Waals surface area contributed by atoms with E-state index in [1.165, 1.54) is 11.1 Å². The minimum absolute atomic E-state index is 0.323. The summed E-state index contributed by atoms with van der Waals surface area (Å²) in [4.78, 5) is 4.31. The van der Waals surface area contributed by atoms with Crippen LogP contribution < -0.4 is 5.32 Å². The van der Waals surface area contributed by atoms with Gasteiger partial charge in [-0.3, -0.25) is 0 Å². The lowest BCUT2D eigenvalue weighted by molar-refractivity contribution is 0.661. The van der Waals surface area contributed by atoms with Crippen molar-refractivity contribution in [2.75, 3.05) is 12.8 Å². The zero-order valence-corrected chi connectivity index (χ0v) is 13.3. The van der Waals surface area contributed by atoms with E-state index < -0.39 is 0 Å². The van der Waals surface area contributed by atoms with E-state index in [9.17, 15) is 0 Å². The lowest BCUT2D eigenvalue weighted by atomic mass is 10.1. The topological polar surface area (TPSA) is 24.9 Å². The quantitative estimate of drug-likeness (QED) is 0.803. The van der Waals surface area contributed by atoms with Gasteiger partial charge in [-0.1, -0.05) is 42.8 Å². The highest BCUT2D eigenvalue weighted by atomic mass is 35.5. The fourth-order valence-corrected chi connectivity index (χ4v) is 3.05. The molecule has 4 heteroatoms. The Morgan fingerprint density at radius 3 is 2.50 bits per heavy atom. The van der Waals surface area contributed by atoms with Crippen molar-refractivity contribution in [3.05, 3.63) is 58.7 Å². The second kappa shape index (κ2) is 7.67. The molecular weight excluding hydrogens is 288 g/mol. The lowest BCUT2D eigenvalue weighted by Crippen LogP contribution is -2.18. The molecule has 0 radical (unpaired) electrons. The summed E-state index contributed by atoms with van der Waals surface area (Å²) >= 11 is 7.58. The van der Waals surface area contributed by atoms with Crippen molar-refractivity contribution in [2.45, 2.75) is 24.4 Å². The minimum Gasteiger partial charge on any atom is -0.312 e. The molecule has 1 atom stereocenters. The molecule has 0 fully saturated rings. The normalized spacial score (nSPS) is 12.3. The van der Waals surface area contributed by atoms with Crippen molar-refractivity contribution in [3.63, 3.8) is 0 Å². The number of nitrogens with zero attached hydrogens (tertiary/aromatic N) is 1. The number of pyridine rings is 1. The average molecular weight is 307 g/mol. The van der Waals surface area contributed by atoms with Gasteiger partial charge in [-0.15, -0.1) is 11.8 Å².